The Labute approximate surface area is 123 Å². The molecule has 2 rings (SSSR count). The summed E-state index contributed by atoms with van der Waals surface area (Å²) < 4.78 is 4.71. The second kappa shape index (κ2) is 6.81. The number of carbonyl (C=O) groups is 1. The van der Waals surface area contributed by atoms with Gasteiger partial charge in [0, 0.05) is 12.6 Å². The Morgan fingerprint density at radius 1 is 1.50 bits per heavy atom. The first-order chi connectivity index (χ1) is 9.63. The van der Waals surface area contributed by atoms with E-state index >= 15 is 0 Å². The van der Waals surface area contributed by atoms with Crippen molar-refractivity contribution in [3.8, 4) is 0 Å². The van der Waals surface area contributed by atoms with Gasteiger partial charge in [0.1, 0.15) is 0 Å². The standard InChI is InChI=1S/C14H19ClN2O3/c1-20-14(19)9-2-5-12(17-10-3-4-10)13(6-9)16-8-11(18)7-15/h2,5-6,10-11,16-18H,3-4,7-8H2,1H3. The second-order valence-electron chi connectivity index (χ2n) is 4.86. The topological polar surface area (TPSA) is 70.6 Å². The number of carbonyl (C=O) groups excluding carboxylic acids is 1. The van der Waals surface area contributed by atoms with Gasteiger partial charge in [-0.05, 0) is 31.0 Å². The maximum atomic E-state index is 11.6. The molecule has 1 aromatic carbocycles. The number of aliphatic hydroxyl groups is 1. The van der Waals surface area contributed by atoms with E-state index in [0.29, 0.717) is 18.2 Å². The predicted molar refractivity (Wildman–Crippen MR) is 79.6 cm³/mol. The minimum atomic E-state index is -0.632. The molecule has 5 nitrogen and oxygen atoms in total. The first-order valence-corrected chi connectivity index (χ1v) is 7.14. The lowest BCUT2D eigenvalue weighted by molar-refractivity contribution is 0.0601. The van der Waals surface area contributed by atoms with E-state index in [1.807, 2.05) is 6.07 Å². The zero-order chi connectivity index (χ0) is 14.5. The molecule has 6 heteroatoms. The Balaban J connectivity index is 2.14. The number of rotatable bonds is 7. The van der Waals surface area contributed by atoms with Crippen molar-refractivity contribution in [2.75, 3.05) is 30.2 Å². The van der Waals surface area contributed by atoms with E-state index in [1.165, 1.54) is 7.11 Å². The fraction of sp³-hybridized carbons (Fsp3) is 0.500. The Morgan fingerprint density at radius 2 is 2.25 bits per heavy atom. The second-order valence-corrected chi connectivity index (χ2v) is 5.17. The molecule has 1 aromatic rings. The summed E-state index contributed by atoms with van der Waals surface area (Å²) in [6, 6.07) is 5.79. The van der Waals surface area contributed by atoms with Crippen LogP contribution in [-0.4, -0.2) is 42.8 Å². The molecular weight excluding hydrogens is 280 g/mol. The molecule has 110 valence electrons. The molecule has 1 unspecified atom stereocenters. The molecule has 1 aliphatic carbocycles. The van der Waals surface area contributed by atoms with Gasteiger partial charge in [-0.25, -0.2) is 4.79 Å². The van der Waals surface area contributed by atoms with Crippen LogP contribution >= 0.6 is 11.6 Å². The molecule has 0 spiro atoms. The van der Waals surface area contributed by atoms with Crippen molar-refractivity contribution in [2.24, 2.45) is 0 Å². The maximum absolute atomic E-state index is 11.6. The summed E-state index contributed by atoms with van der Waals surface area (Å²) >= 11 is 5.58. The van der Waals surface area contributed by atoms with Crippen molar-refractivity contribution < 1.29 is 14.6 Å². The third-order valence-electron chi connectivity index (χ3n) is 3.08. The van der Waals surface area contributed by atoms with E-state index in [0.717, 1.165) is 24.2 Å². The van der Waals surface area contributed by atoms with Crippen LogP contribution in [0.25, 0.3) is 0 Å². The smallest absolute Gasteiger partial charge is 0.337 e. The zero-order valence-electron chi connectivity index (χ0n) is 11.4. The molecule has 0 amide bonds. The lowest BCUT2D eigenvalue weighted by Crippen LogP contribution is -2.21. The van der Waals surface area contributed by atoms with Crippen molar-refractivity contribution in [1.82, 2.24) is 0 Å². The number of esters is 1. The Kier molecular flexibility index (Phi) is 5.09. The summed E-state index contributed by atoms with van der Waals surface area (Å²) in [5, 5.41) is 16.0. The minimum Gasteiger partial charge on any atom is -0.465 e. The summed E-state index contributed by atoms with van der Waals surface area (Å²) in [6.45, 7) is 0.327. The van der Waals surface area contributed by atoms with E-state index in [9.17, 15) is 9.90 Å². The van der Waals surface area contributed by atoms with Crippen LogP contribution in [0.2, 0.25) is 0 Å². The Hall–Kier alpha value is -1.46. The van der Waals surface area contributed by atoms with Gasteiger partial charge in [-0.3, -0.25) is 0 Å². The van der Waals surface area contributed by atoms with E-state index in [1.54, 1.807) is 12.1 Å². The van der Waals surface area contributed by atoms with Crippen molar-refractivity contribution in [3.05, 3.63) is 23.8 Å². The summed E-state index contributed by atoms with van der Waals surface area (Å²) in [4.78, 5) is 11.6. The SMILES string of the molecule is COC(=O)c1ccc(NC2CC2)c(NCC(O)CCl)c1. The van der Waals surface area contributed by atoms with Crippen LogP contribution in [0.1, 0.15) is 23.2 Å². The molecule has 3 N–H and O–H groups in total. The average molecular weight is 299 g/mol. The molecule has 0 saturated heterocycles. The number of hydrogen-bond acceptors (Lipinski definition) is 5. The molecule has 1 aliphatic rings. The summed E-state index contributed by atoms with van der Waals surface area (Å²) in [5.41, 5.74) is 2.16. The number of anilines is 2. The summed E-state index contributed by atoms with van der Waals surface area (Å²) in [5.74, 6) is -0.223. The van der Waals surface area contributed by atoms with Gasteiger partial charge >= 0.3 is 5.97 Å². The van der Waals surface area contributed by atoms with Gasteiger partial charge in [0.05, 0.1) is 36.0 Å². The Morgan fingerprint density at radius 3 is 2.85 bits per heavy atom. The molecule has 1 saturated carbocycles. The highest BCUT2D eigenvalue weighted by atomic mass is 35.5. The van der Waals surface area contributed by atoms with Crippen molar-refractivity contribution in [3.63, 3.8) is 0 Å². The van der Waals surface area contributed by atoms with Crippen LogP contribution in [0, 0.1) is 0 Å². The van der Waals surface area contributed by atoms with Gasteiger partial charge in [-0.2, -0.15) is 0 Å². The summed E-state index contributed by atoms with van der Waals surface area (Å²) in [7, 11) is 1.35. The van der Waals surface area contributed by atoms with Crippen LogP contribution in [-0.2, 0) is 4.74 Å². The minimum absolute atomic E-state index is 0.162. The van der Waals surface area contributed by atoms with Crippen molar-refractivity contribution in [1.29, 1.82) is 0 Å². The number of halogens is 1. The quantitative estimate of drug-likeness (QED) is 0.531. The summed E-state index contributed by atoms with van der Waals surface area (Å²) in [6.07, 6.45) is 1.68. The molecule has 0 aromatic heterocycles. The maximum Gasteiger partial charge on any atom is 0.337 e. The lowest BCUT2D eigenvalue weighted by atomic mass is 10.1. The first-order valence-electron chi connectivity index (χ1n) is 6.61. The fourth-order valence-electron chi connectivity index (χ4n) is 1.79. The third kappa shape index (κ3) is 4.02. The van der Waals surface area contributed by atoms with E-state index in [4.69, 9.17) is 16.3 Å². The Bertz CT molecular complexity index is 477. The van der Waals surface area contributed by atoms with Crippen molar-refractivity contribution >= 4 is 28.9 Å². The molecule has 0 aliphatic heterocycles. The molecule has 0 bridgehead atoms. The number of benzene rings is 1. The van der Waals surface area contributed by atoms with Crippen LogP contribution < -0.4 is 10.6 Å². The normalized spacial score (nSPS) is 15.6. The monoisotopic (exact) mass is 298 g/mol. The molecule has 0 heterocycles. The van der Waals surface area contributed by atoms with Crippen LogP contribution in [0.15, 0.2) is 18.2 Å². The molecule has 1 fully saturated rings. The predicted octanol–water partition coefficient (Wildman–Crippen LogP) is 2.06. The first kappa shape index (κ1) is 14.9. The third-order valence-corrected chi connectivity index (χ3v) is 3.44. The van der Waals surface area contributed by atoms with E-state index < -0.39 is 6.10 Å². The van der Waals surface area contributed by atoms with Gasteiger partial charge in [0.15, 0.2) is 0 Å². The molecular formula is C14H19ClN2O3. The van der Waals surface area contributed by atoms with Gasteiger partial charge in [0.25, 0.3) is 0 Å². The van der Waals surface area contributed by atoms with E-state index in [2.05, 4.69) is 10.6 Å². The van der Waals surface area contributed by atoms with Crippen LogP contribution in [0.3, 0.4) is 0 Å². The van der Waals surface area contributed by atoms with Gasteiger partial charge in [-0.1, -0.05) is 0 Å². The van der Waals surface area contributed by atoms with E-state index in [-0.39, 0.29) is 11.8 Å². The number of ether oxygens (including phenoxy) is 1. The average Bonchev–Trinajstić information content (AvgIpc) is 3.28. The number of methoxy groups -OCH3 is 1. The molecule has 1 atom stereocenters. The van der Waals surface area contributed by atoms with Gasteiger partial charge in [-0.15, -0.1) is 11.6 Å². The van der Waals surface area contributed by atoms with Crippen LogP contribution in [0.4, 0.5) is 11.4 Å². The highest BCUT2D eigenvalue weighted by molar-refractivity contribution is 6.18. The van der Waals surface area contributed by atoms with Gasteiger partial charge in [0.2, 0.25) is 0 Å². The van der Waals surface area contributed by atoms with Crippen LogP contribution in [0.5, 0.6) is 0 Å². The van der Waals surface area contributed by atoms with Crippen molar-refractivity contribution in [2.45, 2.75) is 25.0 Å². The number of nitrogens with one attached hydrogen (secondary N) is 2. The molecule has 20 heavy (non-hydrogen) atoms. The number of hydrogen-bond donors (Lipinski definition) is 3. The highest BCUT2D eigenvalue weighted by Crippen LogP contribution is 2.30. The highest BCUT2D eigenvalue weighted by Gasteiger charge is 2.22. The number of aliphatic hydroxyl groups excluding tert-OH is 1. The largest absolute Gasteiger partial charge is 0.465 e. The lowest BCUT2D eigenvalue weighted by Gasteiger charge is -2.16. The van der Waals surface area contributed by atoms with Gasteiger partial charge < -0.3 is 20.5 Å². The zero-order valence-corrected chi connectivity index (χ0v) is 12.1. The molecule has 0 radical (unpaired) electrons. The number of alkyl halides is 1. The fourth-order valence-corrected chi connectivity index (χ4v) is 1.90.